The Labute approximate surface area is 158 Å². The molecule has 3 aromatic rings. The number of hydrogen-bond acceptors (Lipinski definition) is 2. The SMILES string of the molecule is CC[C@@H](c1ccccc1S(=O)c1ccc(C)cc1)[C@@H](O)c1ccccc1. The first-order valence-electron chi connectivity index (χ1n) is 8.92. The fourth-order valence-corrected chi connectivity index (χ4v) is 4.51. The third kappa shape index (κ3) is 3.95. The van der Waals surface area contributed by atoms with Crippen molar-refractivity contribution in [3.05, 3.63) is 95.6 Å². The summed E-state index contributed by atoms with van der Waals surface area (Å²) in [6.45, 7) is 4.08. The molecule has 0 saturated carbocycles. The van der Waals surface area contributed by atoms with Gasteiger partial charge >= 0.3 is 0 Å². The van der Waals surface area contributed by atoms with Gasteiger partial charge in [0.05, 0.1) is 16.9 Å². The van der Waals surface area contributed by atoms with Crippen LogP contribution in [0.5, 0.6) is 0 Å². The molecule has 26 heavy (non-hydrogen) atoms. The molecule has 3 aromatic carbocycles. The molecule has 3 heteroatoms. The fourth-order valence-electron chi connectivity index (χ4n) is 3.24. The minimum Gasteiger partial charge on any atom is -0.388 e. The van der Waals surface area contributed by atoms with E-state index in [1.165, 1.54) is 0 Å². The molecule has 1 N–H and O–H groups in total. The number of aryl methyl sites for hydroxylation is 1. The third-order valence-electron chi connectivity index (χ3n) is 4.72. The maximum absolute atomic E-state index is 13.2. The lowest BCUT2D eigenvalue weighted by Crippen LogP contribution is -2.13. The van der Waals surface area contributed by atoms with E-state index in [4.69, 9.17) is 0 Å². The summed E-state index contributed by atoms with van der Waals surface area (Å²) in [7, 11) is -1.27. The molecule has 0 aliphatic rings. The first-order valence-corrected chi connectivity index (χ1v) is 10.1. The molecule has 3 rings (SSSR count). The Morgan fingerprint density at radius 1 is 0.885 bits per heavy atom. The zero-order chi connectivity index (χ0) is 18.5. The first kappa shape index (κ1) is 18.6. The van der Waals surface area contributed by atoms with Crippen LogP contribution in [0, 0.1) is 6.92 Å². The Bertz CT molecular complexity index is 872. The minimum absolute atomic E-state index is 0.108. The van der Waals surface area contributed by atoms with Crippen molar-refractivity contribution in [1.82, 2.24) is 0 Å². The average Bonchev–Trinajstić information content (AvgIpc) is 2.69. The Morgan fingerprint density at radius 2 is 1.50 bits per heavy atom. The van der Waals surface area contributed by atoms with E-state index in [1.54, 1.807) is 0 Å². The highest BCUT2D eigenvalue weighted by molar-refractivity contribution is 7.85. The molecule has 0 radical (unpaired) electrons. The van der Waals surface area contributed by atoms with Gasteiger partial charge in [-0.05, 0) is 42.7 Å². The molecule has 0 aliphatic heterocycles. The number of aliphatic hydroxyl groups is 1. The molecule has 0 heterocycles. The molecular weight excluding hydrogens is 340 g/mol. The van der Waals surface area contributed by atoms with E-state index in [0.717, 1.165) is 32.9 Å². The smallest absolute Gasteiger partial charge is 0.0858 e. The zero-order valence-electron chi connectivity index (χ0n) is 15.1. The van der Waals surface area contributed by atoms with Crippen LogP contribution in [0.2, 0.25) is 0 Å². The average molecular weight is 365 g/mol. The van der Waals surface area contributed by atoms with E-state index in [-0.39, 0.29) is 5.92 Å². The highest BCUT2D eigenvalue weighted by Gasteiger charge is 2.25. The van der Waals surface area contributed by atoms with Crippen molar-refractivity contribution in [2.45, 2.75) is 42.1 Å². The highest BCUT2D eigenvalue weighted by atomic mass is 32.2. The fraction of sp³-hybridized carbons (Fsp3) is 0.217. The Hall–Kier alpha value is -2.23. The molecule has 3 atom stereocenters. The Morgan fingerprint density at radius 3 is 2.15 bits per heavy atom. The molecule has 134 valence electrons. The Balaban J connectivity index is 1.99. The van der Waals surface area contributed by atoms with E-state index in [1.807, 2.05) is 85.8 Å². The van der Waals surface area contributed by atoms with E-state index in [9.17, 15) is 9.32 Å². The van der Waals surface area contributed by atoms with Gasteiger partial charge in [-0.1, -0.05) is 73.2 Å². The molecule has 0 bridgehead atoms. The second kappa shape index (κ2) is 8.43. The minimum atomic E-state index is -1.27. The van der Waals surface area contributed by atoms with Crippen molar-refractivity contribution >= 4 is 10.8 Å². The summed E-state index contributed by atoms with van der Waals surface area (Å²) in [6.07, 6.45) is 0.135. The van der Waals surface area contributed by atoms with E-state index in [2.05, 4.69) is 6.92 Å². The van der Waals surface area contributed by atoms with Crippen LogP contribution in [0.3, 0.4) is 0 Å². The van der Waals surface area contributed by atoms with Crippen LogP contribution in [-0.2, 0) is 10.8 Å². The summed E-state index contributed by atoms with van der Waals surface area (Å²) in [6, 6.07) is 25.2. The van der Waals surface area contributed by atoms with E-state index in [0.29, 0.717) is 0 Å². The van der Waals surface area contributed by atoms with Crippen molar-refractivity contribution in [3.8, 4) is 0 Å². The van der Waals surface area contributed by atoms with Gasteiger partial charge in [-0.25, -0.2) is 4.21 Å². The molecule has 0 aromatic heterocycles. The number of benzene rings is 3. The topological polar surface area (TPSA) is 37.3 Å². The van der Waals surface area contributed by atoms with Gasteiger partial charge in [-0.2, -0.15) is 0 Å². The number of aliphatic hydroxyl groups excluding tert-OH is 1. The van der Waals surface area contributed by atoms with Crippen LogP contribution >= 0.6 is 0 Å². The van der Waals surface area contributed by atoms with Crippen LogP contribution in [-0.4, -0.2) is 9.32 Å². The monoisotopic (exact) mass is 364 g/mol. The van der Waals surface area contributed by atoms with Crippen LogP contribution in [0.1, 0.15) is 42.1 Å². The predicted octanol–water partition coefficient (Wildman–Crippen LogP) is 5.39. The molecular formula is C23H24O2S. The van der Waals surface area contributed by atoms with Crippen molar-refractivity contribution in [1.29, 1.82) is 0 Å². The van der Waals surface area contributed by atoms with Crippen LogP contribution in [0.4, 0.5) is 0 Å². The summed E-state index contributed by atoms with van der Waals surface area (Å²) in [5.41, 5.74) is 2.98. The van der Waals surface area contributed by atoms with Gasteiger partial charge < -0.3 is 5.11 Å². The van der Waals surface area contributed by atoms with Gasteiger partial charge in [0, 0.05) is 15.7 Å². The summed E-state index contributed by atoms with van der Waals surface area (Å²) in [4.78, 5) is 1.56. The van der Waals surface area contributed by atoms with Gasteiger partial charge in [0.2, 0.25) is 0 Å². The summed E-state index contributed by atoms with van der Waals surface area (Å²) in [5, 5.41) is 10.9. The largest absolute Gasteiger partial charge is 0.388 e. The lowest BCUT2D eigenvalue weighted by Gasteiger charge is -2.24. The van der Waals surface area contributed by atoms with Gasteiger partial charge in [-0.3, -0.25) is 0 Å². The van der Waals surface area contributed by atoms with Crippen molar-refractivity contribution < 1.29 is 9.32 Å². The van der Waals surface area contributed by atoms with Crippen LogP contribution < -0.4 is 0 Å². The lowest BCUT2D eigenvalue weighted by molar-refractivity contribution is 0.141. The second-order valence-corrected chi connectivity index (χ2v) is 7.94. The maximum atomic E-state index is 13.2. The van der Waals surface area contributed by atoms with Gasteiger partial charge in [0.1, 0.15) is 0 Å². The number of rotatable bonds is 6. The molecule has 0 spiro atoms. The summed E-state index contributed by atoms with van der Waals surface area (Å²) >= 11 is 0. The second-order valence-electron chi connectivity index (χ2n) is 6.49. The molecule has 0 amide bonds. The normalized spacial score (nSPS) is 14.6. The first-order chi connectivity index (χ1) is 12.6. The van der Waals surface area contributed by atoms with Gasteiger partial charge in [0.15, 0.2) is 0 Å². The molecule has 0 aliphatic carbocycles. The molecule has 0 fully saturated rings. The zero-order valence-corrected chi connectivity index (χ0v) is 15.9. The quantitative estimate of drug-likeness (QED) is 0.637. The standard InChI is InChI=1S/C23H24O2S/c1-3-20(23(24)18-9-5-4-6-10-18)21-11-7-8-12-22(21)26(25)19-15-13-17(2)14-16-19/h4-16,20,23-24H,3H2,1-2H3/t20-,23-,26?/m0/s1. The van der Waals surface area contributed by atoms with E-state index >= 15 is 0 Å². The highest BCUT2D eigenvalue weighted by Crippen LogP contribution is 2.37. The van der Waals surface area contributed by atoms with Crippen molar-refractivity contribution in [2.24, 2.45) is 0 Å². The third-order valence-corrected chi connectivity index (χ3v) is 6.19. The van der Waals surface area contributed by atoms with Crippen LogP contribution in [0.25, 0.3) is 0 Å². The Kier molecular flexibility index (Phi) is 6.02. The summed E-state index contributed by atoms with van der Waals surface area (Å²) < 4.78 is 13.2. The number of hydrogen-bond donors (Lipinski definition) is 1. The molecule has 0 saturated heterocycles. The molecule has 1 unspecified atom stereocenters. The summed E-state index contributed by atoms with van der Waals surface area (Å²) in [5.74, 6) is -0.108. The lowest BCUT2D eigenvalue weighted by atomic mass is 9.87. The van der Waals surface area contributed by atoms with Crippen LogP contribution in [0.15, 0.2) is 88.7 Å². The van der Waals surface area contributed by atoms with Crippen molar-refractivity contribution in [3.63, 3.8) is 0 Å². The maximum Gasteiger partial charge on any atom is 0.0858 e. The van der Waals surface area contributed by atoms with Gasteiger partial charge in [0.25, 0.3) is 0 Å². The predicted molar refractivity (Wildman–Crippen MR) is 107 cm³/mol. The van der Waals surface area contributed by atoms with Crippen molar-refractivity contribution in [2.75, 3.05) is 0 Å². The van der Waals surface area contributed by atoms with E-state index < -0.39 is 16.9 Å². The molecule has 2 nitrogen and oxygen atoms in total. The van der Waals surface area contributed by atoms with Gasteiger partial charge in [-0.15, -0.1) is 0 Å².